The van der Waals surface area contributed by atoms with Gasteiger partial charge < -0.3 is 10.4 Å². The van der Waals surface area contributed by atoms with Gasteiger partial charge in [0.05, 0.1) is 23.9 Å². The molecule has 1 atom stereocenters. The molecule has 13 heavy (non-hydrogen) atoms. The molecule has 0 bridgehead atoms. The Morgan fingerprint density at radius 1 is 1.69 bits per heavy atom. The fourth-order valence-electron chi connectivity index (χ4n) is 1.29. The van der Waals surface area contributed by atoms with Crippen LogP contribution in [0.5, 0.6) is 0 Å². The van der Waals surface area contributed by atoms with Crippen molar-refractivity contribution in [2.24, 2.45) is 5.92 Å². The first-order valence-electron chi connectivity index (χ1n) is 4.62. The summed E-state index contributed by atoms with van der Waals surface area (Å²) in [6.07, 6.45) is 2.67. The van der Waals surface area contributed by atoms with Gasteiger partial charge in [0.2, 0.25) is 0 Å². The second-order valence-corrected chi connectivity index (χ2v) is 4.22. The zero-order chi connectivity index (χ0) is 9.10. The highest BCUT2D eigenvalue weighted by molar-refractivity contribution is 7.07. The Balaban J connectivity index is 1.85. The van der Waals surface area contributed by atoms with Crippen LogP contribution in [0.15, 0.2) is 10.9 Å². The molecule has 1 aliphatic carbocycles. The molecule has 1 saturated carbocycles. The molecule has 2 rings (SSSR count). The first kappa shape index (κ1) is 9.12. The third-order valence-electron chi connectivity index (χ3n) is 2.34. The van der Waals surface area contributed by atoms with Crippen molar-refractivity contribution in [2.45, 2.75) is 18.9 Å². The molecule has 2 N–H and O–H groups in total. The molecule has 72 valence electrons. The molecule has 0 amide bonds. The summed E-state index contributed by atoms with van der Waals surface area (Å²) in [5.74, 6) is 0.840. The Labute approximate surface area is 81.8 Å². The molecule has 1 heterocycles. The fraction of sp³-hybridized carbons (Fsp3) is 0.667. The standard InChI is InChI=1S/C9H14N2OS/c12-4-8(9-5-13-6-11-9)10-3-7-1-2-7/h5-8,10,12H,1-4H2. The van der Waals surface area contributed by atoms with Crippen LogP contribution < -0.4 is 5.32 Å². The van der Waals surface area contributed by atoms with Crippen LogP contribution in [0.2, 0.25) is 0 Å². The molecular formula is C9H14N2OS. The van der Waals surface area contributed by atoms with Gasteiger partial charge in [0.25, 0.3) is 0 Å². The molecule has 4 heteroatoms. The van der Waals surface area contributed by atoms with Crippen molar-refractivity contribution in [2.75, 3.05) is 13.2 Å². The summed E-state index contributed by atoms with van der Waals surface area (Å²) in [4.78, 5) is 4.18. The lowest BCUT2D eigenvalue weighted by Crippen LogP contribution is -2.26. The highest BCUT2D eigenvalue weighted by Gasteiger charge is 2.22. The number of nitrogens with one attached hydrogen (secondary N) is 1. The molecule has 1 fully saturated rings. The molecule has 1 aromatic rings. The molecule has 1 unspecified atom stereocenters. The maximum atomic E-state index is 9.13. The lowest BCUT2D eigenvalue weighted by molar-refractivity contribution is 0.241. The van der Waals surface area contributed by atoms with Crippen molar-refractivity contribution < 1.29 is 5.11 Å². The third kappa shape index (κ3) is 2.49. The number of hydrogen-bond acceptors (Lipinski definition) is 4. The second-order valence-electron chi connectivity index (χ2n) is 3.50. The van der Waals surface area contributed by atoms with Crippen LogP contribution in [-0.2, 0) is 0 Å². The van der Waals surface area contributed by atoms with Gasteiger partial charge in [0, 0.05) is 5.38 Å². The molecule has 0 saturated heterocycles. The van der Waals surface area contributed by atoms with Crippen LogP contribution in [0, 0.1) is 5.92 Å². The SMILES string of the molecule is OCC(NCC1CC1)c1cscn1. The zero-order valence-corrected chi connectivity index (χ0v) is 8.26. The van der Waals surface area contributed by atoms with Crippen molar-refractivity contribution in [3.63, 3.8) is 0 Å². The highest BCUT2D eigenvalue weighted by Crippen LogP contribution is 2.28. The van der Waals surface area contributed by atoms with E-state index in [-0.39, 0.29) is 12.6 Å². The molecule has 1 aliphatic rings. The lowest BCUT2D eigenvalue weighted by atomic mass is 10.2. The van der Waals surface area contributed by atoms with E-state index in [1.807, 2.05) is 5.38 Å². The highest BCUT2D eigenvalue weighted by atomic mass is 32.1. The minimum absolute atomic E-state index is 0.0341. The van der Waals surface area contributed by atoms with Gasteiger partial charge in [-0.3, -0.25) is 0 Å². The quantitative estimate of drug-likeness (QED) is 0.746. The minimum Gasteiger partial charge on any atom is -0.394 e. The Bertz CT molecular complexity index is 246. The predicted octanol–water partition coefficient (Wildman–Crippen LogP) is 1.18. The maximum absolute atomic E-state index is 9.13. The number of aliphatic hydroxyl groups is 1. The van der Waals surface area contributed by atoms with Crippen LogP contribution in [0.3, 0.4) is 0 Å². The summed E-state index contributed by atoms with van der Waals surface area (Å²) in [7, 11) is 0. The van der Waals surface area contributed by atoms with Crippen molar-refractivity contribution in [3.8, 4) is 0 Å². The molecule has 1 aromatic heterocycles. The summed E-state index contributed by atoms with van der Waals surface area (Å²) in [6, 6.07) is 0.0341. The number of nitrogens with zero attached hydrogens (tertiary/aromatic N) is 1. The van der Waals surface area contributed by atoms with E-state index in [4.69, 9.17) is 5.11 Å². The fourth-order valence-corrected chi connectivity index (χ4v) is 1.90. The van der Waals surface area contributed by atoms with Crippen LogP contribution in [0.25, 0.3) is 0 Å². The number of aromatic nitrogens is 1. The van der Waals surface area contributed by atoms with E-state index in [0.717, 1.165) is 18.2 Å². The summed E-state index contributed by atoms with van der Waals surface area (Å²) in [6.45, 7) is 1.15. The third-order valence-corrected chi connectivity index (χ3v) is 2.95. The summed E-state index contributed by atoms with van der Waals surface area (Å²) in [5, 5.41) is 14.4. The smallest absolute Gasteiger partial charge is 0.0795 e. The Morgan fingerprint density at radius 3 is 3.08 bits per heavy atom. The van der Waals surface area contributed by atoms with Crippen molar-refractivity contribution in [1.82, 2.24) is 10.3 Å². The van der Waals surface area contributed by atoms with E-state index >= 15 is 0 Å². The van der Waals surface area contributed by atoms with E-state index in [0.29, 0.717) is 0 Å². The van der Waals surface area contributed by atoms with E-state index in [1.54, 1.807) is 16.8 Å². The van der Waals surface area contributed by atoms with Crippen LogP contribution in [0.1, 0.15) is 24.6 Å². The number of aliphatic hydroxyl groups excluding tert-OH is 1. The molecule has 3 nitrogen and oxygen atoms in total. The maximum Gasteiger partial charge on any atom is 0.0795 e. The molecule has 0 aromatic carbocycles. The van der Waals surface area contributed by atoms with Crippen molar-refractivity contribution >= 4 is 11.3 Å². The van der Waals surface area contributed by atoms with Crippen LogP contribution in [0.4, 0.5) is 0 Å². The number of hydrogen-bond donors (Lipinski definition) is 2. The van der Waals surface area contributed by atoms with Gasteiger partial charge in [-0.2, -0.15) is 0 Å². The van der Waals surface area contributed by atoms with E-state index < -0.39 is 0 Å². The average Bonchev–Trinajstić information content (AvgIpc) is 2.81. The van der Waals surface area contributed by atoms with E-state index in [9.17, 15) is 0 Å². The predicted molar refractivity (Wildman–Crippen MR) is 52.7 cm³/mol. The monoisotopic (exact) mass is 198 g/mol. The van der Waals surface area contributed by atoms with Gasteiger partial charge >= 0.3 is 0 Å². The van der Waals surface area contributed by atoms with Crippen LogP contribution in [-0.4, -0.2) is 23.2 Å². The van der Waals surface area contributed by atoms with Crippen LogP contribution >= 0.6 is 11.3 Å². The normalized spacial score (nSPS) is 18.8. The second kappa shape index (κ2) is 4.17. The Morgan fingerprint density at radius 2 is 2.54 bits per heavy atom. The van der Waals surface area contributed by atoms with Gasteiger partial charge in [0.15, 0.2) is 0 Å². The molecular weight excluding hydrogens is 184 g/mol. The van der Waals surface area contributed by atoms with E-state index in [2.05, 4.69) is 10.3 Å². The Kier molecular flexibility index (Phi) is 2.93. The summed E-state index contributed by atoms with van der Waals surface area (Å²) in [5.41, 5.74) is 2.77. The van der Waals surface area contributed by atoms with Gasteiger partial charge in [-0.15, -0.1) is 11.3 Å². The van der Waals surface area contributed by atoms with Gasteiger partial charge in [-0.1, -0.05) is 0 Å². The van der Waals surface area contributed by atoms with Crippen molar-refractivity contribution in [3.05, 3.63) is 16.6 Å². The number of rotatable bonds is 5. The topological polar surface area (TPSA) is 45.1 Å². The first-order chi connectivity index (χ1) is 6.40. The summed E-state index contributed by atoms with van der Waals surface area (Å²) >= 11 is 1.57. The largest absolute Gasteiger partial charge is 0.394 e. The minimum atomic E-state index is 0.0341. The lowest BCUT2D eigenvalue weighted by Gasteiger charge is -2.13. The van der Waals surface area contributed by atoms with Gasteiger partial charge in [0.1, 0.15) is 0 Å². The molecule has 0 radical (unpaired) electrons. The first-order valence-corrected chi connectivity index (χ1v) is 5.56. The zero-order valence-electron chi connectivity index (χ0n) is 7.44. The number of thiazole rings is 1. The average molecular weight is 198 g/mol. The molecule has 0 aliphatic heterocycles. The molecule has 0 spiro atoms. The van der Waals surface area contributed by atoms with E-state index in [1.165, 1.54) is 12.8 Å². The van der Waals surface area contributed by atoms with Crippen molar-refractivity contribution in [1.29, 1.82) is 0 Å². The van der Waals surface area contributed by atoms with Gasteiger partial charge in [-0.05, 0) is 25.3 Å². The van der Waals surface area contributed by atoms with Gasteiger partial charge in [-0.25, -0.2) is 4.98 Å². The Hall–Kier alpha value is -0.450. The summed E-state index contributed by atoms with van der Waals surface area (Å²) < 4.78 is 0.